The van der Waals surface area contributed by atoms with Crippen LogP contribution in [-0.2, 0) is 17.8 Å². The van der Waals surface area contributed by atoms with Crippen LogP contribution in [0.25, 0.3) is 0 Å². The molecule has 0 atom stereocenters. The van der Waals surface area contributed by atoms with Crippen LogP contribution in [0.1, 0.15) is 31.8 Å². The second-order valence-corrected chi connectivity index (χ2v) is 8.27. The Hall–Kier alpha value is -3.06. The molecule has 4 rings (SSSR count). The van der Waals surface area contributed by atoms with E-state index in [4.69, 9.17) is 44.6 Å². The number of benzene rings is 3. The van der Waals surface area contributed by atoms with Gasteiger partial charge in [-0.05, 0) is 47.5 Å². The maximum Gasteiger partial charge on any atom is 0.307 e. The fourth-order valence-corrected chi connectivity index (χ4v) is 4.18. The van der Waals surface area contributed by atoms with Crippen molar-refractivity contribution >= 4 is 58.3 Å². The SMILES string of the molecule is O=C(O)Cc1ccc(N2C(=O)c3c(Cl)ccc(OCc4cccc(Cl)c4)c3C2=O)c(Cl)c1. The van der Waals surface area contributed by atoms with Gasteiger partial charge < -0.3 is 9.84 Å². The molecule has 0 spiro atoms. The van der Waals surface area contributed by atoms with Gasteiger partial charge in [0, 0.05) is 5.02 Å². The van der Waals surface area contributed by atoms with E-state index in [0.29, 0.717) is 10.6 Å². The first-order valence-electron chi connectivity index (χ1n) is 9.35. The maximum absolute atomic E-state index is 13.3. The van der Waals surface area contributed by atoms with Crippen LogP contribution < -0.4 is 9.64 Å². The molecule has 0 aromatic heterocycles. The summed E-state index contributed by atoms with van der Waals surface area (Å²) in [7, 11) is 0. The Labute approximate surface area is 197 Å². The summed E-state index contributed by atoms with van der Waals surface area (Å²) in [6, 6.07) is 14.4. The molecule has 0 fully saturated rings. The minimum absolute atomic E-state index is 0.0194. The highest BCUT2D eigenvalue weighted by Gasteiger charge is 2.41. The number of imide groups is 1. The van der Waals surface area contributed by atoms with E-state index in [9.17, 15) is 14.4 Å². The summed E-state index contributed by atoms with van der Waals surface area (Å²) in [5, 5.41) is 9.67. The van der Waals surface area contributed by atoms with E-state index in [-0.39, 0.29) is 45.6 Å². The molecule has 6 nitrogen and oxygen atoms in total. The fourth-order valence-electron chi connectivity index (χ4n) is 3.44. The molecular formula is C23H14Cl3NO5. The van der Waals surface area contributed by atoms with Crippen molar-refractivity contribution in [3.63, 3.8) is 0 Å². The Morgan fingerprint density at radius 2 is 1.62 bits per heavy atom. The van der Waals surface area contributed by atoms with Gasteiger partial charge in [-0.1, -0.05) is 53.0 Å². The predicted octanol–water partition coefficient (Wildman–Crippen LogP) is 5.65. The maximum atomic E-state index is 13.3. The van der Waals surface area contributed by atoms with Crippen molar-refractivity contribution in [2.24, 2.45) is 0 Å². The van der Waals surface area contributed by atoms with Crippen LogP contribution in [0.2, 0.25) is 15.1 Å². The van der Waals surface area contributed by atoms with Gasteiger partial charge in [0.05, 0.1) is 33.3 Å². The van der Waals surface area contributed by atoms with Crippen LogP contribution in [0.3, 0.4) is 0 Å². The second kappa shape index (κ2) is 8.82. The lowest BCUT2D eigenvalue weighted by atomic mass is 10.1. The van der Waals surface area contributed by atoms with Crippen molar-refractivity contribution < 1.29 is 24.2 Å². The van der Waals surface area contributed by atoms with Crippen LogP contribution in [0.15, 0.2) is 54.6 Å². The number of aliphatic carboxylic acids is 1. The smallest absolute Gasteiger partial charge is 0.307 e. The number of hydrogen-bond donors (Lipinski definition) is 1. The average Bonchev–Trinajstić information content (AvgIpc) is 2.99. The van der Waals surface area contributed by atoms with Crippen LogP contribution >= 0.6 is 34.8 Å². The number of nitrogens with zero attached hydrogens (tertiary/aromatic N) is 1. The fraction of sp³-hybridized carbons (Fsp3) is 0.0870. The molecule has 1 aliphatic heterocycles. The number of amides is 2. The zero-order valence-corrected chi connectivity index (χ0v) is 18.5. The number of carboxylic acid groups (broad SMARTS) is 1. The summed E-state index contributed by atoms with van der Waals surface area (Å²) in [6.45, 7) is 0.126. The minimum atomic E-state index is -1.03. The summed E-state index contributed by atoms with van der Waals surface area (Å²) in [6.07, 6.45) is -0.241. The third-order valence-electron chi connectivity index (χ3n) is 4.84. The summed E-state index contributed by atoms with van der Waals surface area (Å²) < 4.78 is 5.83. The molecule has 0 bridgehead atoms. The number of halogens is 3. The molecule has 1 N–H and O–H groups in total. The molecule has 32 heavy (non-hydrogen) atoms. The number of carbonyl (C=O) groups is 3. The number of carboxylic acids is 1. The first-order chi connectivity index (χ1) is 15.3. The summed E-state index contributed by atoms with van der Waals surface area (Å²) in [4.78, 5) is 38.2. The van der Waals surface area contributed by atoms with Gasteiger partial charge >= 0.3 is 5.97 Å². The molecular weight excluding hydrogens is 477 g/mol. The molecule has 0 saturated carbocycles. The quantitative estimate of drug-likeness (QED) is 0.451. The standard InChI is InChI=1S/C23H14Cl3NO5/c24-14-3-1-2-13(8-14)11-32-18-7-5-15(25)20-21(18)23(31)27(22(20)30)17-6-4-12(9-16(17)26)10-19(28)29/h1-9H,10-11H2,(H,28,29). The van der Waals surface area contributed by atoms with Crippen molar-refractivity contribution in [1.29, 1.82) is 0 Å². The van der Waals surface area contributed by atoms with Gasteiger partial charge in [0.1, 0.15) is 12.4 Å². The van der Waals surface area contributed by atoms with Gasteiger partial charge in [0.15, 0.2) is 0 Å². The summed E-state index contributed by atoms with van der Waals surface area (Å²) in [5.74, 6) is -2.11. The van der Waals surface area contributed by atoms with Crippen LogP contribution in [0.4, 0.5) is 5.69 Å². The zero-order chi connectivity index (χ0) is 23.0. The van der Waals surface area contributed by atoms with Gasteiger partial charge in [-0.2, -0.15) is 0 Å². The number of hydrogen-bond acceptors (Lipinski definition) is 4. The lowest BCUT2D eigenvalue weighted by Crippen LogP contribution is -2.29. The minimum Gasteiger partial charge on any atom is -0.488 e. The summed E-state index contributed by atoms with van der Waals surface area (Å²) in [5.41, 5.74) is 1.41. The van der Waals surface area contributed by atoms with Crippen LogP contribution in [0, 0.1) is 0 Å². The van der Waals surface area contributed by atoms with Crippen molar-refractivity contribution in [3.8, 4) is 5.75 Å². The molecule has 1 heterocycles. The van der Waals surface area contributed by atoms with Crippen molar-refractivity contribution in [3.05, 3.63) is 91.9 Å². The van der Waals surface area contributed by atoms with Crippen LogP contribution in [0.5, 0.6) is 5.75 Å². The number of rotatable bonds is 6. The molecule has 2 amide bonds. The number of carbonyl (C=O) groups excluding carboxylic acids is 2. The molecule has 0 unspecified atom stereocenters. The first kappa shape index (κ1) is 22.1. The Morgan fingerprint density at radius 1 is 0.875 bits per heavy atom. The highest BCUT2D eigenvalue weighted by atomic mass is 35.5. The summed E-state index contributed by atoms with van der Waals surface area (Å²) >= 11 is 18.5. The average molecular weight is 491 g/mol. The molecule has 9 heteroatoms. The molecule has 3 aromatic rings. The van der Waals surface area contributed by atoms with Crippen molar-refractivity contribution in [2.45, 2.75) is 13.0 Å². The molecule has 162 valence electrons. The Balaban J connectivity index is 1.68. The topological polar surface area (TPSA) is 83.9 Å². The monoisotopic (exact) mass is 489 g/mol. The van der Waals surface area contributed by atoms with Gasteiger partial charge in [0.25, 0.3) is 11.8 Å². The first-order valence-corrected chi connectivity index (χ1v) is 10.5. The number of ether oxygens (including phenoxy) is 1. The number of fused-ring (bicyclic) bond motifs is 1. The Kier molecular flexibility index (Phi) is 6.11. The molecule has 3 aromatic carbocycles. The van der Waals surface area contributed by atoms with Gasteiger partial charge in [0.2, 0.25) is 0 Å². The normalized spacial score (nSPS) is 12.8. The highest BCUT2D eigenvalue weighted by Crippen LogP contribution is 2.40. The zero-order valence-electron chi connectivity index (χ0n) is 16.3. The van der Waals surface area contributed by atoms with Crippen molar-refractivity contribution in [1.82, 2.24) is 0 Å². The number of anilines is 1. The van der Waals surface area contributed by atoms with E-state index in [1.54, 1.807) is 18.2 Å². The molecule has 1 aliphatic rings. The highest BCUT2D eigenvalue weighted by molar-refractivity contribution is 6.44. The molecule has 0 radical (unpaired) electrons. The van der Waals surface area contributed by atoms with Crippen LogP contribution in [-0.4, -0.2) is 22.9 Å². The van der Waals surface area contributed by atoms with E-state index < -0.39 is 17.8 Å². The largest absolute Gasteiger partial charge is 0.488 e. The van der Waals surface area contributed by atoms with E-state index in [1.807, 2.05) is 6.07 Å². The Morgan fingerprint density at radius 3 is 2.31 bits per heavy atom. The molecule has 0 aliphatic carbocycles. The van der Waals surface area contributed by atoms with Gasteiger partial charge in [-0.15, -0.1) is 0 Å². The van der Waals surface area contributed by atoms with E-state index in [1.165, 1.54) is 30.3 Å². The van der Waals surface area contributed by atoms with E-state index in [2.05, 4.69) is 0 Å². The Bertz CT molecular complexity index is 1270. The lowest BCUT2D eigenvalue weighted by molar-refractivity contribution is -0.136. The third kappa shape index (κ3) is 4.17. The predicted molar refractivity (Wildman–Crippen MR) is 121 cm³/mol. The van der Waals surface area contributed by atoms with Gasteiger partial charge in [-0.25, -0.2) is 4.90 Å². The van der Waals surface area contributed by atoms with Gasteiger partial charge in [-0.3, -0.25) is 14.4 Å². The third-order valence-corrected chi connectivity index (χ3v) is 5.69. The second-order valence-electron chi connectivity index (χ2n) is 7.02. The van der Waals surface area contributed by atoms with E-state index >= 15 is 0 Å². The van der Waals surface area contributed by atoms with E-state index in [0.717, 1.165) is 10.5 Å². The lowest BCUT2D eigenvalue weighted by Gasteiger charge is -2.16. The molecule has 0 saturated heterocycles. The van der Waals surface area contributed by atoms with Crippen molar-refractivity contribution in [2.75, 3.05) is 4.90 Å².